The van der Waals surface area contributed by atoms with Gasteiger partial charge in [0.15, 0.2) is 6.54 Å². The van der Waals surface area contributed by atoms with Gasteiger partial charge in [0.25, 0.3) is 5.91 Å². The van der Waals surface area contributed by atoms with E-state index in [1.165, 1.54) is 0 Å². The number of carbonyl (C=O) groups excluding carboxylic acids is 1. The lowest BCUT2D eigenvalue weighted by molar-refractivity contribution is -0.644. The van der Waals surface area contributed by atoms with E-state index in [4.69, 9.17) is 11.6 Å². The summed E-state index contributed by atoms with van der Waals surface area (Å²) in [6, 6.07) is 19.8. The molecule has 2 aromatic carbocycles. The Morgan fingerprint density at radius 1 is 1.07 bits per heavy atom. The van der Waals surface area contributed by atoms with E-state index in [-0.39, 0.29) is 11.9 Å². The van der Waals surface area contributed by atoms with E-state index in [1.54, 1.807) is 0 Å². The highest BCUT2D eigenvalue weighted by Crippen LogP contribution is 2.42. The molecule has 28 heavy (non-hydrogen) atoms. The van der Waals surface area contributed by atoms with Gasteiger partial charge in [-0.25, -0.2) is 0 Å². The smallest absolute Gasteiger partial charge is 0.283 e. The van der Waals surface area contributed by atoms with Gasteiger partial charge in [-0.05, 0) is 48.4 Å². The van der Waals surface area contributed by atoms with Gasteiger partial charge >= 0.3 is 0 Å². The molecule has 0 saturated carbocycles. The molecule has 2 N–H and O–H groups in total. The first-order valence-corrected chi connectivity index (χ1v) is 10.2. The highest BCUT2D eigenvalue weighted by atomic mass is 35.5. The van der Waals surface area contributed by atoms with Crippen LogP contribution in [0.2, 0.25) is 5.02 Å². The SMILES string of the molecule is CCCC[NH2+]CC(=O)N1c2ccccc2-n2cccc2[C@H]1c1cccc(Cl)c1. The summed E-state index contributed by atoms with van der Waals surface area (Å²) in [4.78, 5) is 15.3. The van der Waals surface area contributed by atoms with E-state index >= 15 is 0 Å². The maximum atomic E-state index is 13.4. The summed E-state index contributed by atoms with van der Waals surface area (Å²) in [6.07, 6.45) is 4.31. The van der Waals surface area contributed by atoms with Crippen LogP contribution < -0.4 is 10.2 Å². The van der Waals surface area contributed by atoms with Crippen LogP contribution in [0.5, 0.6) is 0 Å². The minimum atomic E-state index is -0.198. The van der Waals surface area contributed by atoms with Crippen molar-refractivity contribution >= 4 is 23.2 Å². The van der Waals surface area contributed by atoms with Crippen LogP contribution >= 0.6 is 11.6 Å². The number of rotatable bonds is 6. The number of benzene rings is 2. The molecule has 0 unspecified atom stereocenters. The van der Waals surface area contributed by atoms with Crippen molar-refractivity contribution in [2.24, 2.45) is 0 Å². The van der Waals surface area contributed by atoms with Gasteiger partial charge in [0.05, 0.1) is 23.6 Å². The Morgan fingerprint density at radius 3 is 2.68 bits per heavy atom. The fourth-order valence-electron chi connectivity index (χ4n) is 3.93. The average Bonchev–Trinajstić information content (AvgIpc) is 3.20. The number of nitrogens with zero attached hydrogens (tertiary/aromatic N) is 2. The third-order valence-corrected chi connectivity index (χ3v) is 5.47. The van der Waals surface area contributed by atoms with Gasteiger partial charge in [-0.3, -0.25) is 9.69 Å². The average molecular weight is 395 g/mol. The molecule has 1 aliphatic rings. The van der Waals surface area contributed by atoms with E-state index < -0.39 is 0 Å². The van der Waals surface area contributed by atoms with E-state index in [0.717, 1.165) is 42.0 Å². The van der Waals surface area contributed by atoms with Gasteiger partial charge in [0, 0.05) is 11.2 Å². The number of unbranched alkanes of at least 4 members (excludes halogenated alkanes) is 1. The largest absolute Gasteiger partial charge is 0.338 e. The van der Waals surface area contributed by atoms with Crippen LogP contribution in [0.3, 0.4) is 0 Å². The van der Waals surface area contributed by atoms with Gasteiger partial charge in [-0.15, -0.1) is 0 Å². The number of hydrogen-bond acceptors (Lipinski definition) is 1. The Labute approximate surface area is 170 Å². The molecule has 0 radical (unpaired) electrons. The van der Waals surface area contributed by atoms with Crippen molar-refractivity contribution in [1.29, 1.82) is 0 Å². The zero-order chi connectivity index (χ0) is 19.5. The molecule has 5 heteroatoms. The second kappa shape index (κ2) is 8.21. The molecule has 1 atom stereocenters. The molecule has 0 saturated heterocycles. The number of nitrogens with two attached hydrogens (primary N) is 1. The predicted molar refractivity (Wildman–Crippen MR) is 113 cm³/mol. The third kappa shape index (κ3) is 3.46. The zero-order valence-corrected chi connectivity index (χ0v) is 16.8. The van der Waals surface area contributed by atoms with Gasteiger partial charge in [-0.1, -0.05) is 49.2 Å². The van der Waals surface area contributed by atoms with Crippen molar-refractivity contribution in [1.82, 2.24) is 4.57 Å². The summed E-state index contributed by atoms with van der Waals surface area (Å²) < 4.78 is 2.17. The lowest BCUT2D eigenvalue weighted by atomic mass is 9.97. The highest BCUT2D eigenvalue weighted by Gasteiger charge is 2.36. The van der Waals surface area contributed by atoms with Crippen LogP contribution in [0.4, 0.5) is 5.69 Å². The van der Waals surface area contributed by atoms with Crippen LogP contribution in [0.25, 0.3) is 5.69 Å². The van der Waals surface area contributed by atoms with E-state index in [9.17, 15) is 4.79 Å². The molecule has 1 amide bonds. The Hall–Kier alpha value is -2.56. The van der Waals surface area contributed by atoms with Crippen LogP contribution in [0.1, 0.15) is 37.1 Å². The third-order valence-electron chi connectivity index (χ3n) is 5.23. The van der Waals surface area contributed by atoms with Gasteiger partial charge in [0.2, 0.25) is 0 Å². The molecule has 144 valence electrons. The van der Waals surface area contributed by atoms with Crippen molar-refractivity contribution in [3.05, 3.63) is 83.1 Å². The Morgan fingerprint density at radius 2 is 1.89 bits per heavy atom. The minimum Gasteiger partial charge on any atom is -0.338 e. The van der Waals surface area contributed by atoms with Gasteiger partial charge in [0.1, 0.15) is 6.04 Å². The second-order valence-electron chi connectivity index (χ2n) is 7.15. The number of aromatic nitrogens is 1. The minimum absolute atomic E-state index is 0.112. The summed E-state index contributed by atoms with van der Waals surface area (Å²) in [5.74, 6) is 0.112. The molecule has 0 fully saturated rings. The first-order valence-electron chi connectivity index (χ1n) is 9.86. The van der Waals surface area contributed by atoms with Crippen LogP contribution in [-0.2, 0) is 4.79 Å². The lowest BCUT2D eigenvalue weighted by Gasteiger charge is -2.38. The fraction of sp³-hybridized carbons (Fsp3) is 0.261. The summed E-state index contributed by atoms with van der Waals surface area (Å²) in [6.45, 7) is 3.57. The quantitative estimate of drug-likeness (QED) is 0.632. The number of halogens is 1. The number of hydrogen-bond donors (Lipinski definition) is 1. The first-order chi connectivity index (χ1) is 13.7. The summed E-state index contributed by atoms with van der Waals surface area (Å²) >= 11 is 6.29. The standard InChI is InChI=1S/C23H24ClN3O/c1-2-3-13-25-16-22(28)27-20-11-5-4-10-19(20)26-14-7-12-21(26)23(27)17-8-6-9-18(24)15-17/h4-12,14-15,23,25H,2-3,13,16H2,1H3/p+1/t23-/m1/s1. The molecular weight excluding hydrogens is 370 g/mol. The van der Waals surface area contributed by atoms with Gasteiger partial charge in [-0.2, -0.15) is 0 Å². The number of amides is 1. The molecule has 0 aliphatic carbocycles. The topological polar surface area (TPSA) is 41.9 Å². The molecule has 3 aromatic rings. The Kier molecular flexibility index (Phi) is 5.51. The maximum Gasteiger partial charge on any atom is 0.283 e. The lowest BCUT2D eigenvalue weighted by Crippen LogP contribution is -2.86. The number of carbonyl (C=O) groups is 1. The number of quaternary nitrogens is 1. The normalized spacial score (nSPS) is 15.2. The summed E-state index contributed by atoms with van der Waals surface area (Å²) in [5.41, 5.74) is 4.06. The summed E-state index contributed by atoms with van der Waals surface area (Å²) in [5, 5.41) is 2.79. The highest BCUT2D eigenvalue weighted by molar-refractivity contribution is 6.30. The molecule has 0 spiro atoms. The molecule has 4 rings (SSSR count). The van der Waals surface area contributed by atoms with Crippen LogP contribution in [0.15, 0.2) is 66.9 Å². The Balaban J connectivity index is 1.79. The number of fused-ring (bicyclic) bond motifs is 3. The Bertz CT molecular complexity index is 981. The molecule has 1 aromatic heterocycles. The zero-order valence-electron chi connectivity index (χ0n) is 16.0. The van der Waals surface area contributed by atoms with Crippen molar-refractivity contribution in [3.63, 3.8) is 0 Å². The fourth-order valence-corrected chi connectivity index (χ4v) is 4.13. The van der Waals surface area contributed by atoms with Crippen molar-refractivity contribution < 1.29 is 10.1 Å². The monoisotopic (exact) mass is 394 g/mol. The molecule has 2 heterocycles. The first kappa shape index (κ1) is 18.8. The molecule has 0 bridgehead atoms. The molecule has 1 aliphatic heterocycles. The van der Waals surface area contributed by atoms with Crippen molar-refractivity contribution in [2.45, 2.75) is 25.8 Å². The molecule has 4 nitrogen and oxygen atoms in total. The van der Waals surface area contributed by atoms with E-state index in [1.807, 2.05) is 53.4 Å². The summed E-state index contributed by atoms with van der Waals surface area (Å²) in [7, 11) is 0. The second-order valence-corrected chi connectivity index (χ2v) is 7.58. The van der Waals surface area contributed by atoms with Gasteiger partial charge < -0.3 is 9.88 Å². The van der Waals surface area contributed by atoms with Crippen LogP contribution in [0, 0.1) is 0 Å². The number of anilines is 1. The molecular formula is C23H25ClN3O+. The van der Waals surface area contributed by atoms with Crippen molar-refractivity contribution in [2.75, 3.05) is 18.0 Å². The van der Waals surface area contributed by atoms with Crippen molar-refractivity contribution in [3.8, 4) is 5.69 Å². The maximum absolute atomic E-state index is 13.4. The van der Waals surface area contributed by atoms with E-state index in [2.05, 4.69) is 35.1 Å². The van der Waals surface area contributed by atoms with Crippen LogP contribution in [-0.4, -0.2) is 23.6 Å². The van der Waals surface area contributed by atoms with E-state index in [0.29, 0.717) is 11.6 Å². The number of para-hydroxylation sites is 2. The predicted octanol–water partition coefficient (Wildman–Crippen LogP) is 3.93.